The molecule has 2 heterocycles. The van der Waals surface area contributed by atoms with E-state index in [4.69, 9.17) is 4.74 Å². The van der Waals surface area contributed by atoms with Crippen molar-refractivity contribution in [1.29, 1.82) is 5.26 Å². The molecule has 1 aliphatic rings. The molecular weight excluding hydrogens is 416 g/mol. The van der Waals surface area contributed by atoms with Crippen LogP contribution in [-0.2, 0) is 17.3 Å². The first-order chi connectivity index (χ1) is 14.3. The standard InChI is InChI=1S/C19H17F2N5O3S/c1-25-18-8-14(3-2-12(18)10-23-25)29-19-15(9-22)17(5-4-16(19)21)24-30(27,28)26-7-6-13(20)11-26/h2-5,8,10,13,24H,6-7,11H2,1H3/t13-/m0/s1. The molecule has 1 atom stereocenters. The van der Waals surface area contributed by atoms with Gasteiger partial charge in [-0.3, -0.25) is 9.40 Å². The first-order valence-corrected chi connectivity index (χ1v) is 10.5. The van der Waals surface area contributed by atoms with Crippen LogP contribution in [0.1, 0.15) is 12.0 Å². The molecule has 1 saturated heterocycles. The Kier molecular flexibility index (Phi) is 5.05. The van der Waals surface area contributed by atoms with Gasteiger partial charge < -0.3 is 4.74 Å². The first kappa shape index (κ1) is 20.1. The largest absolute Gasteiger partial charge is 0.453 e. The van der Waals surface area contributed by atoms with E-state index in [0.29, 0.717) is 0 Å². The van der Waals surface area contributed by atoms with Gasteiger partial charge in [0.25, 0.3) is 0 Å². The van der Waals surface area contributed by atoms with Crippen LogP contribution in [0.15, 0.2) is 36.5 Å². The van der Waals surface area contributed by atoms with Crippen molar-refractivity contribution in [3.8, 4) is 17.6 Å². The predicted molar refractivity (Wildman–Crippen MR) is 106 cm³/mol. The summed E-state index contributed by atoms with van der Waals surface area (Å²) in [6, 6.07) is 8.87. The molecule has 0 amide bonds. The van der Waals surface area contributed by atoms with Gasteiger partial charge in [0, 0.05) is 31.6 Å². The van der Waals surface area contributed by atoms with Crippen LogP contribution in [0.4, 0.5) is 14.5 Å². The second-order valence-corrected chi connectivity index (χ2v) is 8.52. The lowest BCUT2D eigenvalue weighted by Crippen LogP contribution is -2.34. The summed E-state index contributed by atoms with van der Waals surface area (Å²) in [6.07, 6.45) is 0.516. The molecule has 11 heteroatoms. The Morgan fingerprint density at radius 3 is 2.83 bits per heavy atom. The smallest absolute Gasteiger partial charge is 0.301 e. The number of benzene rings is 2. The molecule has 0 bridgehead atoms. The van der Waals surface area contributed by atoms with Crippen molar-refractivity contribution in [3.05, 3.63) is 47.9 Å². The summed E-state index contributed by atoms with van der Waals surface area (Å²) in [6.45, 7) is -0.250. The van der Waals surface area contributed by atoms with Gasteiger partial charge in [-0.25, -0.2) is 8.78 Å². The molecule has 1 aliphatic heterocycles. The number of nitrogens with one attached hydrogen (secondary N) is 1. The molecule has 1 fully saturated rings. The number of aromatic nitrogens is 2. The first-order valence-electron chi connectivity index (χ1n) is 9.02. The molecule has 0 saturated carbocycles. The minimum Gasteiger partial charge on any atom is -0.453 e. The number of hydrogen-bond acceptors (Lipinski definition) is 5. The fourth-order valence-corrected chi connectivity index (χ4v) is 4.55. The zero-order valence-corrected chi connectivity index (χ0v) is 16.7. The quantitative estimate of drug-likeness (QED) is 0.667. The summed E-state index contributed by atoms with van der Waals surface area (Å²) >= 11 is 0. The van der Waals surface area contributed by atoms with Gasteiger partial charge in [0.2, 0.25) is 0 Å². The highest BCUT2D eigenvalue weighted by molar-refractivity contribution is 7.90. The second-order valence-electron chi connectivity index (χ2n) is 6.85. The van der Waals surface area contributed by atoms with Gasteiger partial charge in [-0.1, -0.05) is 0 Å². The average molecular weight is 433 g/mol. The second kappa shape index (κ2) is 7.55. The lowest BCUT2D eigenvalue weighted by Gasteiger charge is -2.18. The molecule has 30 heavy (non-hydrogen) atoms. The van der Waals surface area contributed by atoms with Crippen LogP contribution in [0.3, 0.4) is 0 Å². The van der Waals surface area contributed by atoms with Crippen molar-refractivity contribution in [2.45, 2.75) is 12.6 Å². The van der Waals surface area contributed by atoms with Crippen molar-refractivity contribution < 1.29 is 21.9 Å². The van der Waals surface area contributed by atoms with E-state index in [1.165, 1.54) is 0 Å². The van der Waals surface area contributed by atoms with Gasteiger partial charge in [0.05, 0.1) is 17.4 Å². The number of hydrogen-bond donors (Lipinski definition) is 1. The third-order valence-electron chi connectivity index (χ3n) is 4.83. The topological polar surface area (TPSA) is 100 Å². The molecule has 0 spiro atoms. The molecule has 156 valence electrons. The number of nitriles is 1. The average Bonchev–Trinajstić information content (AvgIpc) is 3.31. The van der Waals surface area contributed by atoms with Crippen LogP contribution in [0.2, 0.25) is 0 Å². The lowest BCUT2D eigenvalue weighted by molar-refractivity contribution is 0.343. The maximum atomic E-state index is 14.5. The van der Waals surface area contributed by atoms with E-state index in [1.54, 1.807) is 42.2 Å². The molecule has 3 aromatic rings. The Morgan fingerprint density at radius 1 is 1.33 bits per heavy atom. The normalized spacial score (nSPS) is 17.2. The number of halogens is 2. The zero-order chi connectivity index (χ0) is 21.5. The fourth-order valence-electron chi connectivity index (χ4n) is 3.27. The summed E-state index contributed by atoms with van der Waals surface area (Å²) in [4.78, 5) is 0. The van der Waals surface area contributed by atoms with Gasteiger partial charge in [-0.15, -0.1) is 0 Å². The third-order valence-corrected chi connectivity index (χ3v) is 6.32. The van der Waals surface area contributed by atoms with E-state index < -0.39 is 27.9 Å². The Morgan fingerprint density at radius 2 is 2.13 bits per heavy atom. The van der Waals surface area contributed by atoms with E-state index in [0.717, 1.165) is 27.3 Å². The molecule has 8 nitrogen and oxygen atoms in total. The minimum absolute atomic E-state index is 0.0215. The number of nitrogens with zero attached hydrogens (tertiary/aromatic N) is 4. The number of fused-ring (bicyclic) bond motifs is 1. The summed E-state index contributed by atoms with van der Waals surface area (Å²) in [5.41, 5.74) is 0.260. The molecule has 0 radical (unpaired) electrons. The van der Waals surface area contributed by atoms with E-state index in [1.807, 2.05) is 0 Å². The maximum absolute atomic E-state index is 14.5. The van der Waals surface area contributed by atoms with Crippen LogP contribution in [-0.4, -0.2) is 41.8 Å². The van der Waals surface area contributed by atoms with E-state index in [9.17, 15) is 22.5 Å². The third kappa shape index (κ3) is 3.67. The molecule has 2 aromatic carbocycles. The summed E-state index contributed by atoms with van der Waals surface area (Å²) < 4.78 is 63.3. The highest BCUT2D eigenvalue weighted by Gasteiger charge is 2.32. The number of alkyl halides is 1. The Balaban J connectivity index is 1.68. The highest BCUT2D eigenvalue weighted by atomic mass is 32.2. The highest BCUT2D eigenvalue weighted by Crippen LogP contribution is 2.35. The monoisotopic (exact) mass is 433 g/mol. The van der Waals surface area contributed by atoms with Crippen LogP contribution in [0.5, 0.6) is 11.5 Å². The fraction of sp³-hybridized carbons (Fsp3) is 0.263. The Hall–Kier alpha value is -3.23. The summed E-state index contributed by atoms with van der Waals surface area (Å²) in [7, 11) is -2.37. The van der Waals surface area contributed by atoms with E-state index >= 15 is 0 Å². The van der Waals surface area contributed by atoms with Crippen molar-refractivity contribution in [1.82, 2.24) is 14.1 Å². The molecule has 1 aromatic heterocycles. The zero-order valence-electron chi connectivity index (χ0n) is 15.8. The summed E-state index contributed by atoms with van der Waals surface area (Å²) in [5.74, 6) is -0.991. The molecule has 0 unspecified atom stereocenters. The van der Waals surface area contributed by atoms with Crippen molar-refractivity contribution in [2.24, 2.45) is 7.05 Å². The number of aryl methyl sites for hydroxylation is 1. The van der Waals surface area contributed by atoms with E-state index in [-0.39, 0.29) is 36.5 Å². The van der Waals surface area contributed by atoms with Crippen molar-refractivity contribution >= 4 is 26.8 Å². The van der Waals surface area contributed by atoms with Crippen LogP contribution >= 0.6 is 0 Å². The lowest BCUT2D eigenvalue weighted by atomic mass is 10.1. The van der Waals surface area contributed by atoms with Gasteiger partial charge in [0.1, 0.15) is 23.6 Å². The van der Waals surface area contributed by atoms with Crippen molar-refractivity contribution in [3.63, 3.8) is 0 Å². The SMILES string of the molecule is Cn1ncc2ccc(Oc3c(F)ccc(NS(=O)(=O)N4CC[C@H](F)C4)c3C#N)cc21. The van der Waals surface area contributed by atoms with Gasteiger partial charge >= 0.3 is 10.2 Å². The van der Waals surface area contributed by atoms with E-state index in [2.05, 4.69) is 9.82 Å². The van der Waals surface area contributed by atoms with Crippen LogP contribution in [0, 0.1) is 17.1 Å². The number of ether oxygens (including phenoxy) is 1. The maximum Gasteiger partial charge on any atom is 0.301 e. The van der Waals surface area contributed by atoms with Crippen LogP contribution in [0.25, 0.3) is 10.9 Å². The molecule has 1 N–H and O–H groups in total. The predicted octanol–water partition coefficient (Wildman–Crippen LogP) is 3.08. The number of anilines is 1. The van der Waals surface area contributed by atoms with Gasteiger partial charge in [0.15, 0.2) is 11.6 Å². The van der Waals surface area contributed by atoms with Crippen molar-refractivity contribution in [2.75, 3.05) is 17.8 Å². The summed E-state index contributed by atoms with van der Waals surface area (Å²) in [5, 5.41) is 14.5. The van der Waals surface area contributed by atoms with Gasteiger partial charge in [-0.2, -0.15) is 23.1 Å². The Bertz CT molecular complexity index is 1270. The molecular formula is C19H17F2N5O3S. The molecule has 4 rings (SSSR count). The Labute approximate surface area is 171 Å². The van der Waals surface area contributed by atoms with Gasteiger partial charge in [-0.05, 0) is 30.7 Å². The molecule has 0 aliphatic carbocycles. The minimum atomic E-state index is -4.11. The van der Waals surface area contributed by atoms with Crippen LogP contribution < -0.4 is 9.46 Å². The number of rotatable bonds is 5.